The molecule has 25 heavy (non-hydrogen) atoms. The number of aromatic amines is 1. The van der Waals surface area contributed by atoms with Crippen LogP contribution in [0.15, 0.2) is 33.6 Å². The molecular weight excluding hydrogens is 410 g/mol. The number of sulfonamides is 1. The van der Waals surface area contributed by atoms with E-state index < -0.39 is 16.0 Å². The molecule has 7 nitrogen and oxygen atoms in total. The Morgan fingerprint density at radius 3 is 2.72 bits per heavy atom. The van der Waals surface area contributed by atoms with E-state index in [2.05, 4.69) is 49.4 Å². The minimum Gasteiger partial charge on any atom is -0.465 e. The lowest BCUT2D eigenvalue weighted by molar-refractivity contribution is 0.0600. The van der Waals surface area contributed by atoms with E-state index in [-0.39, 0.29) is 26.7 Å². The number of benzene rings is 1. The average molecular weight is 430 g/mol. The van der Waals surface area contributed by atoms with Crippen LogP contribution >= 0.6 is 15.9 Å². The second-order valence-electron chi connectivity index (χ2n) is 5.64. The predicted octanol–water partition coefficient (Wildman–Crippen LogP) is 3.66. The van der Waals surface area contributed by atoms with E-state index in [1.54, 1.807) is 6.07 Å². The fourth-order valence-corrected chi connectivity index (χ4v) is 4.46. The first kappa shape index (κ1) is 19.5. The van der Waals surface area contributed by atoms with Gasteiger partial charge >= 0.3 is 5.97 Å². The molecular formula is C16H20BrN3O4S. The number of hydrogen-bond donors (Lipinski definition) is 2. The summed E-state index contributed by atoms with van der Waals surface area (Å²) in [5.41, 5.74) is 1.13. The van der Waals surface area contributed by atoms with E-state index in [0.717, 1.165) is 18.5 Å². The molecule has 9 heteroatoms. The minimum absolute atomic E-state index is 0.00584. The van der Waals surface area contributed by atoms with Crippen LogP contribution in [0.25, 0.3) is 0 Å². The van der Waals surface area contributed by atoms with Crippen LogP contribution in [0.2, 0.25) is 0 Å². The molecule has 1 aromatic carbocycles. The van der Waals surface area contributed by atoms with Gasteiger partial charge in [-0.15, -0.1) is 0 Å². The van der Waals surface area contributed by atoms with E-state index in [1.165, 1.54) is 25.3 Å². The Morgan fingerprint density at radius 2 is 2.12 bits per heavy atom. The normalized spacial score (nSPS) is 12.6. The van der Waals surface area contributed by atoms with E-state index in [1.807, 2.05) is 0 Å². The number of halogens is 1. The van der Waals surface area contributed by atoms with Crippen LogP contribution in [0.4, 0.5) is 5.82 Å². The van der Waals surface area contributed by atoms with Crippen LogP contribution in [0, 0.1) is 0 Å². The van der Waals surface area contributed by atoms with Crippen LogP contribution < -0.4 is 4.72 Å². The lowest BCUT2D eigenvalue weighted by atomic mass is 10.0. The summed E-state index contributed by atoms with van der Waals surface area (Å²) in [7, 11) is -2.59. The zero-order valence-corrected chi connectivity index (χ0v) is 16.6. The fourth-order valence-electron chi connectivity index (χ4n) is 2.39. The highest BCUT2D eigenvalue weighted by atomic mass is 79.9. The van der Waals surface area contributed by atoms with Gasteiger partial charge in [0.25, 0.3) is 10.0 Å². The van der Waals surface area contributed by atoms with Gasteiger partial charge in [0.1, 0.15) is 4.90 Å². The van der Waals surface area contributed by atoms with Crippen molar-refractivity contribution in [2.45, 2.75) is 37.5 Å². The van der Waals surface area contributed by atoms with Gasteiger partial charge in [-0.05, 0) is 46.5 Å². The summed E-state index contributed by atoms with van der Waals surface area (Å²) < 4.78 is 32.5. The van der Waals surface area contributed by atoms with E-state index >= 15 is 0 Å². The quantitative estimate of drug-likeness (QED) is 0.653. The number of methoxy groups -OCH3 is 1. The molecule has 0 bridgehead atoms. The first-order valence-corrected chi connectivity index (χ1v) is 10.0. The van der Waals surface area contributed by atoms with Crippen LogP contribution in [-0.2, 0) is 14.8 Å². The summed E-state index contributed by atoms with van der Waals surface area (Å²) in [4.78, 5) is 11.5. The van der Waals surface area contributed by atoms with Gasteiger partial charge in [0.05, 0.1) is 12.7 Å². The molecule has 0 spiro atoms. The SMILES string of the molecule is CCCC(C)c1cc(NS(=O)(=O)c2ccc(C(=O)OC)cc2Br)n[nH]1. The lowest BCUT2D eigenvalue weighted by Crippen LogP contribution is -2.14. The smallest absolute Gasteiger partial charge is 0.337 e. The average Bonchev–Trinajstić information content (AvgIpc) is 3.01. The third-order valence-corrected chi connectivity index (χ3v) is 6.06. The topological polar surface area (TPSA) is 101 Å². The van der Waals surface area contributed by atoms with Crippen molar-refractivity contribution < 1.29 is 17.9 Å². The summed E-state index contributed by atoms with van der Waals surface area (Å²) in [6.07, 6.45) is 2.01. The summed E-state index contributed by atoms with van der Waals surface area (Å²) >= 11 is 3.19. The van der Waals surface area contributed by atoms with Crippen molar-refractivity contribution in [3.8, 4) is 0 Å². The molecule has 0 aliphatic rings. The number of aromatic nitrogens is 2. The number of carbonyl (C=O) groups is 1. The van der Waals surface area contributed by atoms with Gasteiger partial charge in [-0.2, -0.15) is 5.10 Å². The molecule has 0 radical (unpaired) electrons. The Kier molecular flexibility index (Phi) is 6.23. The molecule has 1 aromatic heterocycles. The molecule has 136 valence electrons. The number of esters is 1. The van der Waals surface area contributed by atoms with Crippen molar-refractivity contribution >= 4 is 37.7 Å². The zero-order chi connectivity index (χ0) is 18.6. The van der Waals surface area contributed by atoms with Gasteiger partial charge in [0.15, 0.2) is 5.82 Å². The molecule has 0 saturated heterocycles. The van der Waals surface area contributed by atoms with E-state index in [0.29, 0.717) is 0 Å². The Bertz CT molecular complexity index is 864. The van der Waals surface area contributed by atoms with Crippen LogP contribution in [-0.4, -0.2) is 31.7 Å². The van der Waals surface area contributed by atoms with E-state index in [4.69, 9.17) is 0 Å². The van der Waals surface area contributed by atoms with Gasteiger partial charge < -0.3 is 4.74 Å². The molecule has 1 unspecified atom stereocenters. The standard InChI is InChI=1S/C16H20BrN3O4S/c1-4-5-10(2)13-9-15(19-18-13)20-25(22,23)14-7-6-11(8-12(14)17)16(21)24-3/h6-10H,4-5H2,1-3H3,(H2,18,19,20). The van der Waals surface area contributed by atoms with Crippen LogP contribution in [0.3, 0.4) is 0 Å². The highest BCUT2D eigenvalue weighted by molar-refractivity contribution is 9.10. The summed E-state index contributed by atoms with van der Waals surface area (Å²) in [5.74, 6) is -0.0526. The summed E-state index contributed by atoms with van der Waals surface area (Å²) in [6, 6.07) is 5.82. The first-order chi connectivity index (χ1) is 11.8. The van der Waals surface area contributed by atoms with Crippen LogP contribution in [0.5, 0.6) is 0 Å². The van der Waals surface area contributed by atoms with Crippen molar-refractivity contribution in [1.29, 1.82) is 0 Å². The molecule has 0 saturated carbocycles. The molecule has 1 atom stereocenters. The van der Waals surface area contributed by atoms with Crippen LogP contribution in [0.1, 0.15) is 48.7 Å². The number of nitrogens with zero attached hydrogens (tertiary/aromatic N) is 1. The molecule has 2 N–H and O–H groups in total. The predicted molar refractivity (Wildman–Crippen MR) is 98.2 cm³/mol. The maximum absolute atomic E-state index is 12.6. The van der Waals surface area contributed by atoms with Crippen molar-refractivity contribution in [3.05, 3.63) is 40.0 Å². The Labute approximate surface area is 155 Å². The monoisotopic (exact) mass is 429 g/mol. The number of anilines is 1. The number of H-pyrrole nitrogens is 1. The third kappa shape index (κ3) is 4.60. The van der Waals surface area contributed by atoms with E-state index in [9.17, 15) is 13.2 Å². The van der Waals surface area contributed by atoms with Gasteiger partial charge in [-0.1, -0.05) is 20.3 Å². The summed E-state index contributed by atoms with van der Waals surface area (Å²) in [6.45, 7) is 4.14. The number of rotatable bonds is 7. The van der Waals surface area contributed by atoms with Gasteiger partial charge in [0.2, 0.25) is 0 Å². The minimum atomic E-state index is -3.85. The Balaban J connectivity index is 2.23. The van der Waals surface area contributed by atoms with Crippen molar-refractivity contribution in [3.63, 3.8) is 0 Å². The molecule has 0 fully saturated rings. The lowest BCUT2D eigenvalue weighted by Gasteiger charge is -2.09. The maximum Gasteiger partial charge on any atom is 0.337 e. The zero-order valence-electron chi connectivity index (χ0n) is 14.2. The van der Waals surface area contributed by atoms with Gasteiger partial charge in [-0.25, -0.2) is 13.2 Å². The number of carbonyl (C=O) groups excluding carboxylic acids is 1. The number of nitrogens with one attached hydrogen (secondary N) is 2. The van der Waals surface area contributed by atoms with Crippen molar-refractivity contribution in [2.24, 2.45) is 0 Å². The molecule has 2 rings (SSSR count). The van der Waals surface area contributed by atoms with Crippen molar-refractivity contribution in [2.75, 3.05) is 11.8 Å². The fraction of sp³-hybridized carbons (Fsp3) is 0.375. The third-order valence-electron chi connectivity index (χ3n) is 3.73. The molecule has 2 aromatic rings. The number of ether oxygens (including phenoxy) is 1. The van der Waals surface area contributed by atoms with Gasteiger partial charge in [0, 0.05) is 16.2 Å². The first-order valence-electron chi connectivity index (χ1n) is 7.74. The molecule has 0 aliphatic heterocycles. The molecule has 0 amide bonds. The summed E-state index contributed by atoms with van der Waals surface area (Å²) in [5, 5.41) is 6.88. The van der Waals surface area contributed by atoms with Gasteiger partial charge in [-0.3, -0.25) is 9.82 Å². The molecule has 0 aliphatic carbocycles. The largest absolute Gasteiger partial charge is 0.465 e. The maximum atomic E-state index is 12.6. The van der Waals surface area contributed by atoms with Crippen molar-refractivity contribution in [1.82, 2.24) is 10.2 Å². The second kappa shape index (κ2) is 8.01. The Morgan fingerprint density at radius 1 is 1.40 bits per heavy atom. The second-order valence-corrected chi connectivity index (χ2v) is 8.15. The highest BCUT2D eigenvalue weighted by Crippen LogP contribution is 2.26. The number of hydrogen-bond acceptors (Lipinski definition) is 5. The highest BCUT2D eigenvalue weighted by Gasteiger charge is 2.21. The Hall–Kier alpha value is -1.87. The molecule has 1 heterocycles.